The molecule has 0 heterocycles. The molecule has 0 saturated carbocycles. The molecule has 13 heavy (non-hydrogen) atoms. The second kappa shape index (κ2) is 2.60. The number of rotatable bonds is 0. The van der Waals surface area contributed by atoms with Crippen molar-refractivity contribution in [2.24, 2.45) is 16.7 Å². The van der Waals surface area contributed by atoms with Gasteiger partial charge >= 0.3 is 0 Å². The molecule has 0 aliphatic heterocycles. The largest absolute Gasteiger partial charge is 0.512 e. The summed E-state index contributed by atoms with van der Waals surface area (Å²) < 4.78 is 0. The first-order valence-corrected chi connectivity index (χ1v) is 4.66. The van der Waals surface area contributed by atoms with Gasteiger partial charge in [-0.3, -0.25) is 4.79 Å². The summed E-state index contributed by atoms with van der Waals surface area (Å²) in [6, 6.07) is 0. The molecule has 0 aromatic carbocycles. The number of carbonyl (C=O) groups excluding carboxylic acids is 1. The second-order valence-electron chi connectivity index (χ2n) is 5.00. The standard InChI is InChI=1S/C11H18O2/c1-7-8(12)6-9(13)11(4,5)10(7,2)3/h6-7,13H,1-5H3. The Morgan fingerprint density at radius 1 is 1.31 bits per heavy atom. The van der Waals surface area contributed by atoms with E-state index in [9.17, 15) is 9.90 Å². The van der Waals surface area contributed by atoms with E-state index in [0.717, 1.165) is 0 Å². The Kier molecular flexibility index (Phi) is 2.06. The molecule has 0 aromatic heterocycles. The van der Waals surface area contributed by atoms with Crippen LogP contribution in [0, 0.1) is 16.7 Å². The highest BCUT2D eigenvalue weighted by Crippen LogP contribution is 2.51. The van der Waals surface area contributed by atoms with Crippen LogP contribution in [-0.2, 0) is 4.79 Å². The lowest BCUT2D eigenvalue weighted by atomic mass is 9.57. The van der Waals surface area contributed by atoms with Crippen LogP contribution in [0.4, 0.5) is 0 Å². The van der Waals surface area contributed by atoms with Crippen LogP contribution >= 0.6 is 0 Å². The second-order valence-corrected chi connectivity index (χ2v) is 5.00. The van der Waals surface area contributed by atoms with E-state index < -0.39 is 0 Å². The first-order valence-electron chi connectivity index (χ1n) is 4.66. The third-order valence-electron chi connectivity index (χ3n) is 4.04. The minimum absolute atomic E-state index is 0.0293. The Balaban J connectivity index is 3.27. The van der Waals surface area contributed by atoms with Crippen molar-refractivity contribution in [2.45, 2.75) is 34.6 Å². The van der Waals surface area contributed by atoms with Crippen LogP contribution in [0.3, 0.4) is 0 Å². The molecule has 0 fully saturated rings. The molecule has 1 rings (SSSR count). The smallest absolute Gasteiger partial charge is 0.162 e. The first-order chi connectivity index (χ1) is 5.71. The number of carbonyl (C=O) groups is 1. The summed E-state index contributed by atoms with van der Waals surface area (Å²) in [5, 5.41) is 9.70. The van der Waals surface area contributed by atoms with Gasteiger partial charge in [-0.25, -0.2) is 0 Å². The van der Waals surface area contributed by atoms with Crippen molar-refractivity contribution in [1.29, 1.82) is 0 Å². The van der Waals surface area contributed by atoms with Gasteiger partial charge in [0.2, 0.25) is 0 Å². The summed E-state index contributed by atoms with van der Waals surface area (Å²) in [6.07, 6.45) is 1.37. The minimum Gasteiger partial charge on any atom is -0.512 e. The highest BCUT2D eigenvalue weighted by molar-refractivity contribution is 5.93. The van der Waals surface area contributed by atoms with Crippen LogP contribution < -0.4 is 0 Å². The maximum absolute atomic E-state index is 11.5. The molecule has 2 nitrogen and oxygen atoms in total. The van der Waals surface area contributed by atoms with Gasteiger partial charge in [0.05, 0.1) is 0 Å². The van der Waals surface area contributed by atoms with Crippen LogP contribution in [-0.4, -0.2) is 10.9 Å². The van der Waals surface area contributed by atoms with Gasteiger partial charge in [-0.15, -0.1) is 0 Å². The molecular weight excluding hydrogens is 164 g/mol. The molecule has 0 saturated heterocycles. The molecule has 2 heteroatoms. The van der Waals surface area contributed by atoms with Gasteiger partial charge in [0, 0.05) is 17.4 Å². The molecule has 1 aliphatic carbocycles. The van der Waals surface area contributed by atoms with E-state index in [1.807, 2.05) is 34.6 Å². The monoisotopic (exact) mass is 182 g/mol. The fourth-order valence-electron chi connectivity index (χ4n) is 1.67. The molecule has 0 spiro atoms. The summed E-state index contributed by atoms with van der Waals surface area (Å²) >= 11 is 0. The van der Waals surface area contributed by atoms with E-state index in [0.29, 0.717) is 0 Å². The highest BCUT2D eigenvalue weighted by atomic mass is 16.3. The SMILES string of the molecule is CC1C(=O)C=C(O)C(C)(C)C1(C)C. The van der Waals surface area contributed by atoms with Crippen molar-refractivity contribution >= 4 is 5.78 Å². The lowest BCUT2D eigenvalue weighted by molar-refractivity contribution is -0.126. The molecule has 1 aliphatic rings. The zero-order valence-corrected chi connectivity index (χ0v) is 9.01. The Morgan fingerprint density at radius 2 is 1.77 bits per heavy atom. The van der Waals surface area contributed by atoms with Crippen LogP contribution in [0.5, 0.6) is 0 Å². The maximum Gasteiger partial charge on any atom is 0.162 e. The van der Waals surface area contributed by atoms with Crippen LogP contribution in [0.2, 0.25) is 0 Å². The highest BCUT2D eigenvalue weighted by Gasteiger charge is 2.49. The number of aliphatic hydroxyl groups is 1. The van der Waals surface area contributed by atoms with Crippen molar-refractivity contribution in [2.75, 3.05) is 0 Å². The third-order valence-corrected chi connectivity index (χ3v) is 4.04. The van der Waals surface area contributed by atoms with Gasteiger partial charge in [-0.1, -0.05) is 34.6 Å². The van der Waals surface area contributed by atoms with Gasteiger partial charge in [-0.05, 0) is 5.41 Å². The normalized spacial score (nSPS) is 31.3. The van der Waals surface area contributed by atoms with Crippen molar-refractivity contribution in [3.63, 3.8) is 0 Å². The lowest BCUT2D eigenvalue weighted by Crippen LogP contribution is -2.45. The quantitative estimate of drug-likeness (QED) is 0.625. The van der Waals surface area contributed by atoms with Gasteiger partial charge in [0.25, 0.3) is 0 Å². The lowest BCUT2D eigenvalue weighted by Gasteiger charge is -2.47. The Labute approximate surface area is 79.6 Å². The van der Waals surface area contributed by atoms with E-state index >= 15 is 0 Å². The number of hydrogen-bond acceptors (Lipinski definition) is 2. The van der Waals surface area contributed by atoms with Gasteiger partial charge in [0.15, 0.2) is 5.78 Å². The predicted molar refractivity (Wildman–Crippen MR) is 52.4 cm³/mol. The molecule has 1 atom stereocenters. The molecular formula is C11H18O2. The first kappa shape index (κ1) is 10.3. The number of aliphatic hydroxyl groups excluding tert-OH is 1. The molecule has 0 radical (unpaired) electrons. The van der Waals surface area contributed by atoms with Crippen LogP contribution in [0.1, 0.15) is 34.6 Å². The topological polar surface area (TPSA) is 37.3 Å². The number of ketones is 1. The zero-order chi connectivity index (χ0) is 10.4. The van der Waals surface area contributed by atoms with Crippen LogP contribution in [0.25, 0.3) is 0 Å². The fraction of sp³-hybridized carbons (Fsp3) is 0.727. The van der Waals surface area contributed by atoms with Crippen molar-refractivity contribution in [1.82, 2.24) is 0 Å². The van der Waals surface area contributed by atoms with Crippen LogP contribution in [0.15, 0.2) is 11.8 Å². The average molecular weight is 182 g/mol. The van der Waals surface area contributed by atoms with E-state index in [-0.39, 0.29) is 28.3 Å². The van der Waals surface area contributed by atoms with Crippen molar-refractivity contribution in [3.8, 4) is 0 Å². The van der Waals surface area contributed by atoms with Crippen molar-refractivity contribution in [3.05, 3.63) is 11.8 Å². The molecule has 0 bridgehead atoms. The van der Waals surface area contributed by atoms with E-state index in [4.69, 9.17) is 0 Å². The number of hydrogen-bond donors (Lipinski definition) is 1. The van der Waals surface area contributed by atoms with E-state index in [1.54, 1.807) is 0 Å². The third kappa shape index (κ3) is 1.19. The summed E-state index contributed by atoms with van der Waals surface area (Å²) in [5.74, 6) is 0.209. The van der Waals surface area contributed by atoms with Crippen molar-refractivity contribution < 1.29 is 9.90 Å². The average Bonchev–Trinajstić information content (AvgIpc) is 2.00. The molecule has 1 unspecified atom stereocenters. The van der Waals surface area contributed by atoms with E-state index in [2.05, 4.69) is 0 Å². The zero-order valence-electron chi connectivity index (χ0n) is 9.01. The molecule has 74 valence electrons. The molecule has 0 amide bonds. The van der Waals surface area contributed by atoms with Gasteiger partial charge in [0.1, 0.15) is 5.76 Å². The Hall–Kier alpha value is -0.790. The summed E-state index contributed by atoms with van der Waals surface area (Å²) in [4.78, 5) is 11.5. The number of allylic oxidation sites excluding steroid dienone is 2. The molecule has 1 N–H and O–H groups in total. The summed E-state index contributed by atoms with van der Waals surface area (Å²) in [7, 11) is 0. The predicted octanol–water partition coefficient (Wildman–Crippen LogP) is 2.70. The fourth-order valence-corrected chi connectivity index (χ4v) is 1.67. The Morgan fingerprint density at radius 3 is 2.23 bits per heavy atom. The molecule has 0 aromatic rings. The Bertz CT molecular complexity index is 272. The minimum atomic E-state index is -0.319. The maximum atomic E-state index is 11.5. The van der Waals surface area contributed by atoms with Gasteiger partial charge < -0.3 is 5.11 Å². The summed E-state index contributed by atoms with van der Waals surface area (Å²) in [5.41, 5.74) is -0.511. The van der Waals surface area contributed by atoms with Gasteiger partial charge in [-0.2, -0.15) is 0 Å². The van der Waals surface area contributed by atoms with E-state index in [1.165, 1.54) is 6.08 Å². The summed E-state index contributed by atoms with van der Waals surface area (Å²) in [6.45, 7) is 9.92.